The SMILES string of the molecule is Cc1cc(O)cc(Cl)c1Cl. The number of hydrogen-bond donors (Lipinski definition) is 1. The lowest BCUT2D eigenvalue weighted by Crippen LogP contribution is -1.75. The van der Waals surface area contributed by atoms with Gasteiger partial charge < -0.3 is 5.11 Å². The molecule has 0 radical (unpaired) electrons. The maximum atomic E-state index is 8.98. The number of rotatable bonds is 0. The van der Waals surface area contributed by atoms with Gasteiger partial charge in [0.15, 0.2) is 0 Å². The van der Waals surface area contributed by atoms with Gasteiger partial charge in [0, 0.05) is 6.07 Å². The van der Waals surface area contributed by atoms with Gasteiger partial charge in [-0.3, -0.25) is 0 Å². The summed E-state index contributed by atoms with van der Waals surface area (Å²) in [6.45, 7) is 1.79. The highest BCUT2D eigenvalue weighted by Crippen LogP contribution is 2.29. The Morgan fingerprint density at radius 3 is 2.40 bits per heavy atom. The molecule has 1 aromatic carbocycles. The third kappa shape index (κ3) is 1.36. The van der Waals surface area contributed by atoms with Crippen LogP contribution in [0.3, 0.4) is 0 Å². The van der Waals surface area contributed by atoms with E-state index in [2.05, 4.69) is 0 Å². The van der Waals surface area contributed by atoms with Crippen LogP contribution in [0.15, 0.2) is 12.1 Å². The second-order valence-corrected chi connectivity index (χ2v) is 2.84. The van der Waals surface area contributed by atoms with Crippen LogP contribution in [0.1, 0.15) is 5.56 Å². The molecule has 0 aromatic heterocycles. The maximum absolute atomic E-state index is 8.98. The molecule has 0 unspecified atom stereocenters. The van der Waals surface area contributed by atoms with Crippen LogP contribution < -0.4 is 0 Å². The fraction of sp³-hybridized carbons (Fsp3) is 0.143. The van der Waals surface area contributed by atoms with E-state index >= 15 is 0 Å². The Balaban J connectivity index is 3.31. The molecule has 1 nitrogen and oxygen atoms in total. The summed E-state index contributed by atoms with van der Waals surface area (Å²) in [5, 5.41) is 9.86. The standard InChI is InChI=1S/C7H6Cl2O/c1-4-2-5(10)3-6(8)7(4)9/h2-3,10H,1H3. The van der Waals surface area contributed by atoms with Crippen LogP contribution in [0.2, 0.25) is 10.0 Å². The number of aromatic hydroxyl groups is 1. The summed E-state index contributed by atoms with van der Waals surface area (Å²) in [5.74, 6) is 0.145. The van der Waals surface area contributed by atoms with Crippen molar-refractivity contribution in [3.63, 3.8) is 0 Å². The summed E-state index contributed by atoms with van der Waals surface area (Å²) in [6.07, 6.45) is 0. The first kappa shape index (κ1) is 7.70. The summed E-state index contributed by atoms with van der Waals surface area (Å²) in [5.41, 5.74) is 0.784. The summed E-state index contributed by atoms with van der Waals surface area (Å²) in [6, 6.07) is 2.98. The van der Waals surface area contributed by atoms with Crippen LogP contribution in [-0.2, 0) is 0 Å². The van der Waals surface area contributed by atoms with Gasteiger partial charge in [-0.05, 0) is 18.6 Å². The van der Waals surface area contributed by atoms with E-state index in [9.17, 15) is 0 Å². The van der Waals surface area contributed by atoms with Crippen molar-refractivity contribution in [2.24, 2.45) is 0 Å². The van der Waals surface area contributed by atoms with Gasteiger partial charge in [-0.1, -0.05) is 23.2 Å². The zero-order valence-corrected chi connectivity index (χ0v) is 6.87. The van der Waals surface area contributed by atoms with Gasteiger partial charge in [0.2, 0.25) is 0 Å². The second-order valence-electron chi connectivity index (χ2n) is 2.06. The van der Waals surface area contributed by atoms with Crippen LogP contribution in [0.25, 0.3) is 0 Å². The molecule has 1 N–H and O–H groups in total. The molecule has 0 aliphatic rings. The molecular formula is C7H6Cl2O. The molecule has 0 saturated carbocycles. The Bertz CT molecular complexity index is 235. The Labute approximate surface area is 69.2 Å². The van der Waals surface area contributed by atoms with Gasteiger partial charge in [-0.25, -0.2) is 0 Å². The molecule has 1 aromatic rings. The molecule has 0 spiro atoms. The highest BCUT2D eigenvalue weighted by Gasteiger charge is 2.01. The normalized spacial score (nSPS) is 9.90. The van der Waals surface area contributed by atoms with E-state index in [0.717, 1.165) is 5.56 Å². The van der Waals surface area contributed by atoms with Crippen molar-refractivity contribution in [1.82, 2.24) is 0 Å². The topological polar surface area (TPSA) is 20.2 Å². The lowest BCUT2D eigenvalue weighted by molar-refractivity contribution is 0.475. The minimum atomic E-state index is 0.145. The Hall–Kier alpha value is -0.400. The van der Waals surface area contributed by atoms with E-state index in [1.807, 2.05) is 0 Å². The van der Waals surface area contributed by atoms with Gasteiger partial charge in [0.05, 0.1) is 10.0 Å². The number of halogens is 2. The lowest BCUT2D eigenvalue weighted by atomic mass is 10.2. The number of hydrogen-bond acceptors (Lipinski definition) is 1. The predicted octanol–water partition coefficient (Wildman–Crippen LogP) is 3.01. The molecule has 0 bridgehead atoms. The van der Waals surface area contributed by atoms with Crippen molar-refractivity contribution in [1.29, 1.82) is 0 Å². The maximum Gasteiger partial charge on any atom is 0.117 e. The molecule has 0 heterocycles. The van der Waals surface area contributed by atoms with Crippen LogP contribution in [0, 0.1) is 6.92 Å². The molecule has 0 fully saturated rings. The smallest absolute Gasteiger partial charge is 0.117 e. The number of phenols is 1. The molecule has 0 saturated heterocycles. The van der Waals surface area contributed by atoms with Crippen molar-refractivity contribution in [3.05, 3.63) is 27.7 Å². The van der Waals surface area contributed by atoms with Crippen molar-refractivity contribution in [3.8, 4) is 5.75 Å². The molecule has 0 aliphatic carbocycles. The van der Waals surface area contributed by atoms with Crippen molar-refractivity contribution < 1.29 is 5.11 Å². The minimum Gasteiger partial charge on any atom is -0.508 e. The lowest BCUT2D eigenvalue weighted by Gasteiger charge is -1.99. The first-order chi connectivity index (χ1) is 4.61. The molecule has 3 heteroatoms. The van der Waals surface area contributed by atoms with Gasteiger partial charge >= 0.3 is 0 Å². The third-order valence-corrected chi connectivity index (χ3v) is 2.09. The van der Waals surface area contributed by atoms with Crippen LogP contribution in [0.4, 0.5) is 0 Å². The first-order valence-corrected chi connectivity index (χ1v) is 3.51. The van der Waals surface area contributed by atoms with E-state index in [-0.39, 0.29) is 5.75 Å². The van der Waals surface area contributed by atoms with E-state index in [1.165, 1.54) is 6.07 Å². The zero-order chi connectivity index (χ0) is 7.72. The fourth-order valence-corrected chi connectivity index (χ4v) is 1.08. The molecule has 0 amide bonds. The molecular weight excluding hydrogens is 171 g/mol. The molecule has 0 aliphatic heterocycles. The van der Waals surface area contributed by atoms with Crippen molar-refractivity contribution in [2.45, 2.75) is 6.92 Å². The molecule has 0 atom stereocenters. The van der Waals surface area contributed by atoms with Crippen LogP contribution in [-0.4, -0.2) is 5.11 Å². The summed E-state index contributed by atoms with van der Waals surface area (Å²) in [4.78, 5) is 0. The van der Waals surface area contributed by atoms with E-state index in [4.69, 9.17) is 28.3 Å². The minimum absolute atomic E-state index is 0.145. The van der Waals surface area contributed by atoms with Crippen LogP contribution in [0.5, 0.6) is 5.75 Å². The zero-order valence-electron chi connectivity index (χ0n) is 5.36. The van der Waals surface area contributed by atoms with Crippen molar-refractivity contribution in [2.75, 3.05) is 0 Å². The second kappa shape index (κ2) is 2.69. The monoisotopic (exact) mass is 176 g/mol. The summed E-state index contributed by atoms with van der Waals surface area (Å²) < 4.78 is 0. The highest BCUT2D eigenvalue weighted by atomic mass is 35.5. The number of aryl methyl sites for hydroxylation is 1. The van der Waals surface area contributed by atoms with E-state index < -0.39 is 0 Å². The molecule has 1 rings (SSSR count). The van der Waals surface area contributed by atoms with Crippen LogP contribution >= 0.6 is 23.2 Å². The number of phenolic OH excluding ortho intramolecular Hbond substituents is 1. The average Bonchev–Trinajstić information content (AvgIpc) is 1.82. The molecule has 10 heavy (non-hydrogen) atoms. The largest absolute Gasteiger partial charge is 0.508 e. The van der Waals surface area contributed by atoms with Gasteiger partial charge in [0.1, 0.15) is 5.75 Å². The third-order valence-electron chi connectivity index (χ3n) is 1.19. The Morgan fingerprint density at radius 2 is 1.90 bits per heavy atom. The van der Waals surface area contributed by atoms with Crippen molar-refractivity contribution >= 4 is 23.2 Å². The Morgan fingerprint density at radius 1 is 1.30 bits per heavy atom. The Kier molecular flexibility index (Phi) is 2.07. The predicted molar refractivity (Wildman–Crippen MR) is 42.9 cm³/mol. The van der Waals surface area contributed by atoms with Gasteiger partial charge in [0.25, 0.3) is 0 Å². The number of benzene rings is 1. The first-order valence-electron chi connectivity index (χ1n) is 2.76. The average molecular weight is 177 g/mol. The van der Waals surface area contributed by atoms with E-state index in [1.54, 1.807) is 13.0 Å². The quantitative estimate of drug-likeness (QED) is 0.645. The summed E-state index contributed by atoms with van der Waals surface area (Å²) >= 11 is 11.3. The van der Waals surface area contributed by atoms with Gasteiger partial charge in [-0.2, -0.15) is 0 Å². The summed E-state index contributed by atoms with van der Waals surface area (Å²) in [7, 11) is 0. The van der Waals surface area contributed by atoms with E-state index in [0.29, 0.717) is 10.0 Å². The highest BCUT2D eigenvalue weighted by molar-refractivity contribution is 6.42. The fourth-order valence-electron chi connectivity index (χ4n) is 0.708. The molecule has 54 valence electrons. The van der Waals surface area contributed by atoms with Gasteiger partial charge in [-0.15, -0.1) is 0 Å².